The smallest absolute Gasteiger partial charge is 0.197 e. The van der Waals surface area contributed by atoms with E-state index in [0.717, 1.165) is 36.7 Å². The minimum absolute atomic E-state index is 0.0394. The van der Waals surface area contributed by atoms with Crippen molar-refractivity contribution >= 4 is 11.0 Å². The van der Waals surface area contributed by atoms with E-state index in [1.807, 2.05) is 25.2 Å². The first kappa shape index (κ1) is 27.4. The van der Waals surface area contributed by atoms with Gasteiger partial charge in [-0.15, -0.1) is 0 Å². The second-order valence-corrected chi connectivity index (χ2v) is 10.8. The fourth-order valence-corrected chi connectivity index (χ4v) is 5.71. The molecule has 1 fully saturated rings. The van der Waals surface area contributed by atoms with Gasteiger partial charge in [0.1, 0.15) is 11.8 Å². The van der Waals surface area contributed by atoms with Crippen molar-refractivity contribution in [1.82, 2.24) is 15.5 Å². The molecule has 0 bridgehead atoms. The molecule has 1 aliphatic heterocycles. The van der Waals surface area contributed by atoms with E-state index in [4.69, 9.17) is 4.42 Å². The van der Waals surface area contributed by atoms with Crippen LogP contribution in [0.25, 0.3) is 11.0 Å². The van der Waals surface area contributed by atoms with Crippen molar-refractivity contribution in [2.75, 3.05) is 33.2 Å². The summed E-state index contributed by atoms with van der Waals surface area (Å²) in [5.74, 6) is 0.833. The third-order valence-electron chi connectivity index (χ3n) is 8.26. The van der Waals surface area contributed by atoms with E-state index < -0.39 is 0 Å². The SMILES string of the molecule is CCc1ccc2c(=O)c(C(NC)/C(C)=C(/C)NCCCC3CCN(CC4=CCCC=C4)CC3)coc2c1. The highest BCUT2D eigenvalue weighted by atomic mass is 16.3. The summed E-state index contributed by atoms with van der Waals surface area (Å²) in [6, 6.07) is 5.70. The summed E-state index contributed by atoms with van der Waals surface area (Å²) in [7, 11) is 1.90. The summed E-state index contributed by atoms with van der Waals surface area (Å²) in [5.41, 5.74) is 6.28. The number of benzene rings is 1. The standard InChI is InChI=1S/C32H45N3O2/c1-5-25-13-14-28-30(20-25)37-22-29(32(28)36)31(33-4)23(2)24(3)34-17-9-12-26-15-18-35(19-16-26)21-27-10-7-6-8-11-27/h7,10-11,13-14,20,22,26,31,33-34H,5-6,8-9,12,15-19,21H2,1-4H3/b24-23-. The number of allylic oxidation sites excluding steroid dienone is 3. The van der Waals surface area contributed by atoms with Crippen molar-refractivity contribution in [2.45, 2.75) is 71.8 Å². The number of nitrogens with zero attached hydrogens (tertiary/aromatic N) is 1. The Balaban J connectivity index is 1.27. The van der Waals surface area contributed by atoms with Gasteiger partial charge in [-0.25, -0.2) is 0 Å². The molecule has 200 valence electrons. The summed E-state index contributed by atoms with van der Waals surface area (Å²) in [4.78, 5) is 15.9. The third-order valence-corrected chi connectivity index (χ3v) is 8.26. The zero-order valence-electron chi connectivity index (χ0n) is 23.2. The molecule has 2 aliphatic rings. The largest absolute Gasteiger partial charge is 0.464 e. The fraction of sp³-hybridized carbons (Fsp3) is 0.531. The molecule has 1 saturated heterocycles. The van der Waals surface area contributed by atoms with Crippen molar-refractivity contribution < 1.29 is 4.42 Å². The number of rotatable bonds is 11. The number of fused-ring (bicyclic) bond motifs is 1. The molecule has 2 aromatic rings. The lowest BCUT2D eigenvalue weighted by Crippen LogP contribution is -2.35. The third kappa shape index (κ3) is 7.03. The Bertz CT molecular complexity index is 1200. The Labute approximate surface area is 222 Å². The Hall–Kier alpha value is -2.63. The number of likely N-dealkylation sites (tertiary alicyclic amines) is 1. The Kier molecular flexibility index (Phi) is 9.81. The van der Waals surface area contributed by atoms with Crippen LogP contribution in [0.5, 0.6) is 0 Å². The van der Waals surface area contributed by atoms with Crippen LogP contribution in [0.3, 0.4) is 0 Å². The number of hydrogen-bond acceptors (Lipinski definition) is 5. The summed E-state index contributed by atoms with van der Waals surface area (Å²) in [6.07, 6.45) is 17.0. The topological polar surface area (TPSA) is 57.5 Å². The van der Waals surface area contributed by atoms with E-state index in [9.17, 15) is 4.79 Å². The van der Waals surface area contributed by atoms with E-state index in [0.29, 0.717) is 16.5 Å². The Morgan fingerprint density at radius 1 is 1.19 bits per heavy atom. The van der Waals surface area contributed by atoms with Crippen molar-refractivity contribution in [3.8, 4) is 0 Å². The normalized spacial score (nSPS) is 18.5. The van der Waals surface area contributed by atoms with Gasteiger partial charge in [-0.3, -0.25) is 9.69 Å². The van der Waals surface area contributed by atoms with Crippen LogP contribution in [-0.4, -0.2) is 38.1 Å². The first-order valence-corrected chi connectivity index (χ1v) is 14.2. The molecule has 0 radical (unpaired) electrons. The second-order valence-electron chi connectivity index (χ2n) is 10.8. The van der Waals surface area contributed by atoms with Crippen LogP contribution in [-0.2, 0) is 6.42 Å². The van der Waals surface area contributed by atoms with E-state index in [-0.39, 0.29) is 11.5 Å². The molecule has 1 atom stereocenters. The van der Waals surface area contributed by atoms with Crippen molar-refractivity contribution in [2.24, 2.45) is 5.92 Å². The number of nitrogens with one attached hydrogen (secondary N) is 2. The van der Waals surface area contributed by atoms with Crippen molar-refractivity contribution in [3.63, 3.8) is 0 Å². The van der Waals surface area contributed by atoms with Gasteiger partial charge in [-0.2, -0.15) is 0 Å². The van der Waals surface area contributed by atoms with Gasteiger partial charge in [0.2, 0.25) is 0 Å². The summed E-state index contributed by atoms with van der Waals surface area (Å²) in [6.45, 7) is 10.8. The molecular formula is C32H45N3O2. The van der Waals surface area contributed by atoms with Crippen LogP contribution >= 0.6 is 0 Å². The van der Waals surface area contributed by atoms with Crippen LogP contribution < -0.4 is 16.1 Å². The predicted molar refractivity (Wildman–Crippen MR) is 155 cm³/mol. The molecule has 5 heteroatoms. The van der Waals surface area contributed by atoms with Gasteiger partial charge in [0.15, 0.2) is 5.43 Å². The molecule has 0 saturated carbocycles. The highest BCUT2D eigenvalue weighted by Crippen LogP contribution is 2.25. The molecule has 0 amide bonds. The van der Waals surface area contributed by atoms with Gasteiger partial charge in [0, 0.05) is 18.8 Å². The van der Waals surface area contributed by atoms with Crippen LogP contribution in [0.15, 0.2) is 68.7 Å². The van der Waals surface area contributed by atoms with E-state index in [1.54, 1.807) is 6.26 Å². The van der Waals surface area contributed by atoms with Crippen LogP contribution in [0.2, 0.25) is 0 Å². The van der Waals surface area contributed by atoms with Crippen LogP contribution in [0, 0.1) is 5.92 Å². The first-order valence-electron chi connectivity index (χ1n) is 14.2. The van der Waals surface area contributed by atoms with Gasteiger partial charge in [-0.1, -0.05) is 31.2 Å². The van der Waals surface area contributed by atoms with Gasteiger partial charge in [-0.05, 0) is 114 Å². The van der Waals surface area contributed by atoms with Gasteiger partial charge in [0.25, 0.3) is 0 Å². The number of piperidine rings is 1. The Morgan fingerprint density at radius 3 is 2.70 bits per heavy atom. The van der Waals surface area contributed by atoms with Gasteiger partial charge >= 0.3 is 0 Å². The molecule has 1 aromatic heterocycles. The maximum Gasteiger partial charge on any atom is 0.197 e. The minimum Gasteiger partial charge on any atom is -0.464 e. The van der Waals surface area contributed by atoms with Crippen molar-refractivity contribution in [1.29, 1.82) is 0 Å². The monoisotopic (exact) mass is 503 g/mol. The average Bonchev–Trinajstić information content (AvgIpc) is 2.93. The average molecular weight is 504 g/mol. The van der Waals surface area contributed by atoms with Crippen LogP contribution in [0.1, 0.15) is 76.5 Å². The fourth-order valence-electron chi connectivity index (χ4n) is 5.71. The summed E-state index contributed by atoms with van der Waals surface area (Å²) >= 11 is 0. The molecule has 0 spiro atoms. The quantitative estimate of drug-likeness (QED) is 0.354. The van der Waals surface area contributed by atoms with Crippen molar-refractivity contribution in [3.05, 3.63) is 80.9 Å². The lowest BCUT2D eigenvalue weighted by molar-refractivity contribution is 0.190. The summed E-state index contributed by atoms with van der Waals surface area (Å²) < 4.78 is 5.90. The molecule has 4 rings (SSSR count). The first-order chi connectivity index (χ1) is 18.0. The maximum absolute atomic E-state index is 13.3. The Morgan fingerprint density at radius 2 is 2.00 bits per heavy atom. The molecular weight excluding hydrogens is 458 g/mol. The molecule has 2 heterocycles. The van der Waals surface area contributed by atoms with Gasteiger partial charge in [0.05, 0.1) is 17.0 Å². The summed E-state index contributed by atoms with van der Waals surface area (Å²) in [5, 5.41) is 7.60. The highest BCUT2D eigenvalue weighted by molar-refractivity contribution is 5.77. The lowest BCUT2D eigenvalue weighted by atomic mass is 9.91. The lowest BCUT2D eigenvalue weighted by Gasteiger charge is -2.32. The minimum atomic E-state index is -0.183. The van der Waals surface area contributed by atoms with Crippen LogP contribution in [0.4, 0.5) is 0 Å². The van der Waals surface area contributed by atoms with E-state index in [1.165, 1.54) is 62.8 Å². The van der Waals surface area contributed by atoms with E-state index >= 15 is 0 Å². The molecule has 2 N–H and O–H groups in total. The highest BCUT2D eigenvalue weighted by Gasteiger charge is 2.21. The number of aryl methyl sites for hydroxylation is 1. The molecule has 1 unspecified atom stereocenters. The van der Waals surface area contributed by atoms with E-state index in [2.05, 4.69) is 54.5 Å². The zero-order chi connectivity index (χ0) is 26.2. The maximum atomic E-state index is 13.3. The van der Waals surface area contributed by atoms with Gasteiger partial charge < -0.3 is 15.1 Å². The predicted octanol–water partition coefficient (Wildman–Crippen LogP) is 6.27. The second kappa shape index (κ2) is 13.3. The molecule has 1 aliphatic carbocycles. The number of hydrogen-bond donors (Lipinski definition) is 2. The molecule has 1 aromatic carbocycles. The molecule has 5 nitrogen and oxygen atoms in total. The number of likely N-dealkylation sites (N-methyl/N-ethyl adjacent to an activating group) is 1. The molecule has 37 heavy (non-hydrogen) atoms. The zero-order valence-corrected chi connectivity index (χ0v) is 23.2.